The largest absolute Gasteiger partial charge is 0.491 e. The Bertz CT molecular complexity index is 403. The first kappa shape index (κ1) is 16.3. The van der Waals surface area contributed by atoms with Crippen molar-refractivity contribution in [1.29, 1.82) is 0 Å². The molecule has 1 aromatic carbocycles. The Balaban J connectivity index is 1.67. The van der Waals surface area contributed by atoms with Gasteiger partial charge in [-0.15, -0.1) is 0 Å². The van der Waals surface area contributed by atoms with Gasteiger partial charge in [0.1, 0.15) is 12.4 Å². The van der Waals surface area contributed by atoms with Gasteiger partial charge < -0.3 is 19.5 Å². The lowest BCUT2D eigenvalue weighted by Gasteiger charge is -2.14. The van der Waals surface area contributed by atoms with E-state index in [1.54, 1.807) is 0 Å². The highest BCUT2D eigenvalue weighted by atomic mass is 16.5. The van der Waals surface area contributed by atoms with E-state index in [1.165, 1.54) is 5.56 Å². The molecule has 0 radical (unpaired) electrons. The molecule has 1 fully saturated rings. The zero-order valence-electron chi connectivity index (χ0n) is 13.1. The second kappa shape index (κ2) is 9.03. The van der Waals surface area contributed by atoms with Crippen LogP contribution >= 0.6 is 0 Å². The maximum absolute atomic E-state index is 5.83. The summed E-state index contributed by atoms with van der Waals surface area (Å²) in [4.78, 5) is 0. The molecule has 4 heteroatoms. The number of hydrogen-bond acceptors (Lipinski definition) is 4. The van der Waals surface area contributed by atoms with Crippen molar-refractivity contribution in [1.82, 2.24) is 5.32 Å². The van der Waals surface area contributed by atoms with Gasteiger partial charge in [-0.05, 0) is 18.9 Å². The van der Waals surface area contributed by atoms with Crippen molar-refractivity contribution in [3.05, 3.63) is 29.8 Å². The molecule has 118 valence electrons. The lowest BCUT2D eigenvalue weighted by molar-refractivity contribution is 0.00845. The SMILES string of the molecule is CC(C)NCc1ccccc1OCCOCC1CCCO1. The van der Waals surface area contributed by atoms with E-state index in [9.17, 15) is 0 Å². The van der Waals surface area contributed by atoms with Crippen LogP contribution in [-0.2, 0) is 16.0 Å². The first-order valence-electron chi connectivity index (χ1n) is 7.89. The van der Waals surface area contributed by atoms with Gasteiger partial charge in [0.15, 0.2) is 0 Å². The van der Waals surface area contributed by atoms with E-state index >= 15 is 0 Å². The average molecular weight is 293 g/mol. The highest BCUT2D eigenvalue weighted by molar-refractivity contribution is 5.33. The first-order chi connectivity index (χ1) is 10.3. The highest BCUT2D eigenvalue weighted by Gasteiger charge is 2.15. The third kappa shape index (κ3) is 6.04. The summed E-state index contributed by atoms with van der Waals surface area (Å²) in [7, 11) is 0. The summed E-state index contributed by atoms with van der Waals surface area (Å²) in [6, 6.07) is 8.61. The molecule has 1 aliphatic heterocycles. The molecule has 4 nitrogen and oxygen atoms in total. The molecular formula is C17H27NO3. The molecule has 0 aliphatic carbocycles. The minimum atomic E-state index is 0.285. The molecule has 1 aliphatic rings. The van der Waals surface area contributed by atoms with Crippen LogP contribution in [0.25, 0.3) is 0 Å². The minimum absolute atomic E-state index is 0.285. The molecule has 0 saturated carbocycles. The third-order valence-electron chi connectivity index (χ3n) is 3.49. The Morgan fingerprint density at radius 2 is 2.14 bits per heavy atom. The Morgan fingerprint density at radius 3 is 2.90 bits per heavy atom. The molecule has 1 aromatic rings. The molecule has 0 bridgehead atoms. The van der Waals surface area contributed by atoms with Crippen molar-refractivity contribution in [2.45, 2.75) is 45.4 Å². The maximum atomic E-state index is 5.83. The molecule has 0 amide bonds. The second-order valence-electron chi connectivity index (χ2n) is 5.70. The van der Waals surface area contributed by atoms with E-state index < -0.39 is 0 Å². The molecule has 1 saturated heterocycles. The Kier molecular flexibility index (Phi) is 7.00. The quantitative estimate of drug-likeness (QED) is 0.711. The van der Waals surface area contributed by atoms with Crippen LogP contribution in [0, 0.1) is 0 Å². The van der Waals surface area contributed by atoms with Gasteiger partial charge >= 0.3 is 0 Å². The number of nitrogens with one attached hydrogen (secondary N) is 1. The van der Waals surface area contributed by atoms with E-state index in [0.717, 1.165) is 31.7 Å². The highest BCUT2D eigenvalue weighted by Crippen LogP contribution is 2.18. The van der Waals surface area contributed by atoms with Crippen LogP contribution in [0.1, 0.15) is 32.3 Å². The van der Waals surface area contributed by atoms with Gasteiger partial charge in [-0.3, -0.25) is 0 Å². The van der Waals surface area contributed by atoms with Gasteiger partial charge in [-0.25, -0.2) is 0 Å². The molecule has 2 rings (SSSR count). The Labute approximate surface area is 127 Å². The predicted molar refractivity (Wildman–Crippen MR) is 83.7 cm³/mol. The number of hydrogen-bond donors (Lipinski definition) is 1. The number of benzene rings is 1. The fourth-order valence-electron chi connectivity index (χ4n) is 2.31. The van der Waals surface area contributed by atoms with Crippen LogP contribution in [0.3, 0.4) is 0 Å². The monoisotopic (exact) mass is 293 g/mol. The van der Waals surface area contributed by atoms with Crippen LogP contribution in [0.15, 0.2) is 24.3 Å². The normalized spacial score (nSPS) is 18.3. The van der Waals surface area contributed by atoms with E-state index in [0.29, 0.717) is 25.9 Å². The van der Waals surface area contributed by atoms with E-state index in [2.05, 4.69) is 25.2 Å². The van der Waals surface area contributed by atoms with Gasteiger partial charge in [-0.2, -0.15) is 0 Å². The first-order valence-corrected chi connectivity index (χ1v) is 7.89. The molecule has 21 heavy (non-hydrogen) atoms. The van der Waals surface area contributed by atoms with Gasteiger partial charge in [0.25, 0.3) is 0 Å². The van der Waals surface area contributed by atoms with Gasteiger partial charge in [0.2, 0.25) is 0 Å². The standard InChI is InChI=1S/C17H27NO3/c1-14(2)18-12-15-6-3-4-8-17(15)21-11-10-19-13-16-7-5-9-20-16/h3-4,6,8,14,16,18H,5,7,9-13H2,1-2H3. The van der Waals surface area contributed by atoms with E-state index in [4.69, 9.17) is 14.2 Å². The van der Waals surface area contributed by atoms with Crippen LogP contribution in [0.4, 0.5) is 0 Å². The summed E-state index contributed by atoms with van der Waals surface area (Å²) < 4.78 is 17.0. The zero-order chi connectivity index (χ0) is 14.9. The number of rotatable bonds is 9. The van der Waals surface area contributed by atoms with Gasteiger partial charge in [-0.1, -0.05) is 32.0 Å². The summed E-state index contributed by atoms with van der Waals surface area (Å²) >= 11 is 0. The maximum Gasteiger partial charge on any atom is 0.123 e. The van der Waals surface area contributed by atoms with Crippen LogP contribution < -0.4 is 10.1 Å². The molecule has 0 spiro atoms. The predicted octanol–water partition coefficient (Wildman–Crippen LogP) is 2.76. The summed E-state index contributed by atoms with van der Waals surface area (Å²) in [5.41, 5.74) is 1.19. The van der Waals surface area contributed by atoms with Crippen LogP contribution in [0.5, 0.6) is 5.75 Å². The topological polar surface area (TPSA) is 39.7 Å². The van der Waals surface area contributed by atoms with Gasteiger partial charge in [0, 0.05) is 24.8 Å². The van der Waals surface area contributed by atoms with Gasteiger partial charge in [0.05, 0.1) is 19.3 Å². The number of para-hydroxylation sites is 1. The molecule has 1 unspecified atom stereocenters. The average Bonchev–Trinajstić information content (AvgIpc) is 2.99. The van der Waals surface area contributed by atoms with Crippen molar-refractivity contribution < 1.29 is 14.2 Å². The summed E-state index contributed by atoms with van der Waals surface area (Å²) in [6.45, 7) is 7.84. The van der Waals surface area contributed by atoms with Crippen molar-refractivity contribution >= 4 is 0 Å². The lowest BCUT2D eigenvalue weighted by atomic mass is 10.2. The Morgan fingerprint density at radius 1 is 1.29 bits per heavy atom. The minimum Gasteiger partial charge on any atom is -0.491 e. The van der Waals surface area contributed by atoms with Crippen molar-refractivity contribution in [2.75, 3.05) is 26.4 Å². The second-order valence-corrected chi connectivity index (χ2v) is 5.70. The van der Waals surface area contributed by atoms with E-state index in [1.807, 2.05) is 18.2 Å². The zero-order valence-corrected chi connectivity index (χ0v) is 13.1. The van der Waals surface area contributed by atoms with Crippen LogP contribution in [0.2, 0.25) is 0 Å². The van der Waals surface area contributed by atoms with Crippen molar-refractivity contribution in [2.24, 2.45) is 0 Å². The van der Waals surface area contributed by atoms with Crippen LogP contribution in [-0.4, -0.2) is 38.6 Å². The molecule has 1 atom stereocenters. The molecule has 0 aromatic heterocycles. The lowest BCUT2D eigenvalue weighted by Crippen LogP contribution is -2.22. The third-order valence-corrected chi connectivity index (χ3v) is 3.49. The summed E-state index contributed by atoms with van der Waals surface area (Å²) in [5, 5.41) is 3.41. The smallest absolute Gasteiger partial charge is 0.123 e. The summed E-state index contributed by atoms with van der Waals surface area (Å²) in [5.74, 6) is 0.936. The number of ether oxygens (including phenoxy) is 3. The fourth-order valence-corrected chi connectivity index (χ4v) is 2.31. The van der Waals surface area contributed by atoms with Crippen molar-refractivity contribution in [3.63, 3.8) is 0 Å². The molecule has 1 heterocycles. The molecule has 1 N–H and O–H groups in total. The summed E-state index contributed by atoms with van der Waals surface area (Å²) in [6.07, 6.45) is 2.55. The molecular weight excluding hydrogens is 266 g/mol. The fraction of sp³-hybridized carbons (Fsp3) is 0.647. The van der Waals surface area contributed by atoms with Crippen molar-refractivity contribution in [3.8, 4) is 5.75 Å². The Hall–Kier alpha value is -1.10. The van der Waals surface area contributed by atoms with E-state index in [-0.39, 0.29) is 6.10 Å².